The van der Waals surface area contributed by atoms with Crippen molar-refractivity contribution >= 4 is 7.60 Å². The van der Waals surface area contributed by atoms with Crippen LogP contribution >= 0.6 is 7.60 Å². The molecule has 0 aliphatic rings. The number of benzene rings is 1. The number of hydrogen-bond donors (Lipinski definition) is 1. The molecule has 0 bridgehead atoms. The average Bonchev–Trinajstić information content (AvgIpc) is 2.28. The van der Waals surface area contributed by atoms with Gasteiger partial charge in [0.15, 0.2) is 0 Å². The molecule has 0 spiro atoms. The molecule has 1 aromatic rings. The molecule has 4 nitrogen and oxygen atoms in total. The molecular formula is C12H20NO3P. The van der Waals surface area contributed by atoms with E-state index >= 15 is 0 Å². The van der Waals surface area contributed by atoms with Gasteiger partial charge in [-0.3, -0.25) is 4.57 Å². The van der Waals surface area contributed by atoms with E-state index in [2.05, 4.69) is 0 Å². The molecule has 0 saturated heterocycles. The zero-order chi connectivity index (χ0) is 12.9. The van der Waals surface area contributed by atoms with Gasteiger partial charge < -0.3 is 14.8 Å². The van der Waals surface area contributed by atoms with Gasteiger partial charge in [0.05, 0.1) is 13.2 Å². The second kappa shape index (κ2) is 6.31. The van der Waals surface area contributed by atoms with Crippen LogP contribution < -0.4 is 5.73 Å². The van der Waals surface area contributed by atoms with Crippen molar-refractivity contribution < 1.29 is 13.6 Å². The second-order valence-electron chi connectivity index (χ2n) is 3.73. The molecule has 0 aliphatic carbocycles. The van der Waals surface area contributed by atoms with Crippen LogP contribution in [0, 0.1) is 6.92 Å². The average molecular weight is 257 g/mol. The van der Waals surface area contributed by atoms with Gasteiger partial charge in [-0.15, -0.1) is 0 Å². The lowest BCUT2D eigenvalue weighted by Gasteiger charge is -2.23. The molecule has 0 aromatic heterocycles. The Bertz CT molecular complexity index is 398. The van der Waals surface area contributed by atoms with Crippen LogP contribution in [0.2, 0.25) is 0 Å². The second-order valence-corrected chi connectivity index (χ2v) is 5.89. The van der Waals surface area contributed by atoms with Crippen molar-refractivity contribution in [1.29, 1.82) is 0 Å². The lowest BCUT2D eigenvalue weighted by Crippen LogP contribution is -2.15. The molecule has 1 unspecified atom stereocenters. The molecule has 0 amide bonds. The first-order valence-corrected chi connectivity index (χ1v) is 7.35. The maximum Gasteiger partial charge on any atom is 0.351 e. The van der Waals surface area contributed by atoms with E-state index in [-0.39, 0.29) is 0 Å². The van der Waals surface area contributed by atoms with E-state index in [1.807, 2.05) is 31.2 Å². The van der Waals surface area contributed by atoms with Crippen LogP contribution in [0.1, 0.15) is 30.8 Å². The first kappa shape index (κ1) is 14.4. The predicted molar refractivity (Wildman–Crippen MR) is 69.0 cm³/mol. The number of aryl methyl sites for hydroxylation is 1. The van der Waals surface area contributed by atoms with Crippen molar-refractivity contribution in [3.05, 3.63) is 35.4 Å². The highest BCUT2D eigenvalue weighted by molar-refractivity contribution is 7.54. The summed E-state index contributed by atoms with van der Waals surface area (Å²) in [6, 6.07) is 7.58. The summed E-state index contributed by atoms with van der Waals surface area (Å²) in [4.78, 5) is 0. The molecule has 0 aliphatic heterocycles. The molecule has 1 aromatic carbocycles. The normalized spacial score (nSPS) is 13.6. The van der Waals surface area contributed by atoms with Gasteiger partial charge in [-0.1, -0.05) is 29.8 Å². The molecule has 0 heterocycles. The van der Waals surface area contributed by atoms with E-state index in [4.69, 9.17) is 14.8 Å². The highest BCUT2D eigenvalue weighted by Gasteiger charge is 2.33. The van der Waals surface area contributed by atoms with E-state index in [0.717, 1.165) is 11.1 Å². The Morgan fingerprint density at radius 2 is 1.88 bits per heavy atom. The van der Waals surface area contributed by atoms with Crippen molar-refractivity contribution in [2.24, 2.45) is 5.73 Å². The van der Waals surface area contributed by atoms with Crippen molar-refractivity contribution in [3.63, 3.8) is 0 Å². The number of nitrogens with two attached hydrogens (primary N) is 1. The molecule has 5 heteroatoms. The third-order valence-electron chi connectivity index (χ3n) is 2.34. The number of rotatable bonds is 6. The summed E-state index contributed by atoms with van der Waals surface area (Å²) >= 11 is 0. The largest absolute Gasteiger partial charge is 0.351 e. The Kier molecular flexibility index (Phi) is 5.34. The Labute approximate surface area is 103 Å². The summed E-state index contributed by atoms with van der Waals surface area (Å²) in [5.74, 6) is -0.734. The fraction of sp³-hybridized carbons (Fsp3) is 0.500. The molecule has 2 N–H and O–H groups in total. The summed E-state index contributed by atoms with van der Waals surface area (Å²) in [6.07, 6.45) is 0. The summed E-state index contributed by atoms with van der Waals surface area (Å²) < 4.78 is 22.9. The molecule has 96 valence electrons. The SMILES string of the molecule is CCOP(=O)(OCC)C(N)c1cccc(C)c1. The van der Waals surface area contributed by atoms with Gasteiger partial charge >= 0.3 is 7.60 Å². The van der Waals surface area contributed by atoms with Crippen molar-refractivity contribution in [3.8, 4) is 0 Å². The molecular weight excluding hydrogens is 237 g/mol. The molecule has 1 atom stereocenters. The topological polar surface area (TPSA) is 61.5 Å². The first-order chi connectivity index (χ1) is 8.03. The molecule has 0 radical (unpaired) electrons. The van der Waals surface area contributed by atoms with Crippen LogP contribution in [0.5, 0.6) is 0 Å². The minimum absolute atomic E-state index is 0.316. The maximum absolute atomic E-state index is 12.5. The predicted octanol–water partition coefficient (Wildman–Crippen LogP) is 3.22. The van der Waals surface area contributed by atoms with Crippen LogP contribution in [0.4, 0.5) is 0 Å². The van der Waals surface area contributed by atoms with Crippen LogP contribution in [0.15, 0.2) is 24.3 Å². The summed E-state index contributed by atoms with van der Waals surface area (Å²) in [6.45, 7) is 6.14. The van der Waals surface area contributed by atoms with Gasteiger partial charge in [-0.05, 0) is 26.3 Å². The smallest absolute Gasteiger partial charge is 0.314 e. The van der Waals surface area contributed by atoms with E-state index in [0.29, 0.717) is 13.2 Å². The standard InChI is InChI=1S/C12H20NO3P/c1-4-15-17(14,16-5-2)12(13)11-8-6-7-10(3)9-11/h6-9,12H,4-5,13H2,1-3H3. The molecule has 0 saturated carbocycles. The van der Waals surface area contributed by atoms with Crippen molar-refractivity contribution in [1.82, 2.24) is 0 Å². The fourth-order valence-corrected chi connectivity index (χ4v) is 3.24. The van der Waals surface area contributed by atoms with Crippen LogP contribution in [-0.2, 0) is 13.6 Å². The van der Waals surface area contributed by atoms with Crippen molar-refractivity contribution in [2.45, 2.75) is 26.6 Å². The fourth-order valence-electron chi connectivity index (χ4n) is 1.59. The summed E-state index contributed by atoms with van der Waals surface area (Å²) in [7, 11) is -3.27. The Balaban J connectivity index is 2.99. The molecule has 17 heavy (non-hydrogen) atoms. The van der Waals surface area contributed by atoms with E-state index < -0.39 is 13.4 Å². The lowest BCUT2D eigenvalue weighted by atomic mass is 10.1. The zero-order valence-corrected chi connectivity index (χ0v) is 11.4. The van der Waals surface area contributed by atoms with Gasteiger partial charge in [0, 0.05) is 0 Å². The minimum atomic E-state index is -3.27. The zero-order valence-electron chi connectivity index (χ0n) is 10.6. The number of hydrogen-bond acceptors (Lipinski definition) is 4. The highest BCUT2D eigenvalue weighted by Crippen LogP contribution is 2.58. The van der Waals surface area contributed by atoms with Crippen molar-refractivity contribution in [2.75, 3.05) is 13.2 Å². The maximum atomic E-state index is 12.5. The van der Waals surface area contributed by atoms with Gasteiger partial charge in [0.1, 0.15) is 5.78 Å². The Hall–Kier alpha value is -0.670. The Morgan fingerprint density at radius 1 is 1.29 bits per heavy atom. The quantitative estimate of drug-likeness (QED) is 0.795. The van der Waals surface area contributed by atoms with E-state index in [9.17, 15) is 4.57 Å². The first-order valence-electron chi connectivity index (χ1n) is 5.74. The molecule has 0 fully saturated rings. The van der Waals surface area contributed by atoms with Gasteiger partial charge in [-0.2, -0.15) is 0 Å². The molecule has 1 rings (SSSR count). The minimum Gasteiger partial charge on any atom is -0.314 e. The van der Waals surface area contributed by atoms with E-state index in [1.165, 1.54) is 0 Å². The van der Waals surface area contributed by atoms with Crippen LogP contribution in [-0.4, -0.2) is 13.2 Å². The summed E-state index contributed by atoms with van der Waals surface area (Å²) in [5, 5.41) is 0. The third-order valence-corrected chi connectivity index (χ3v) is 4.56. The highest BCUT2D eigenvalue weighted by atomic mass is 31.2. The van der Waals surface area contributed by atoms with E-state index in [1.54, 1.807) is 13.8 Å². The Morgan fingerprint density at radius 3 is 2.35 bits per heavy atom. The van der Waals surface area contributed by atoms with Gasteiger partial charge in [0.25, 0.3) is 0 Å². The monoisotopic (exact) mass is 257 g/mol. The lowest BCUT2D eigenvalue weighted by molar-refractivity contribution is 0.212. The van der Waals surface area contributed by atoms with Crippen LogP contribution in [0.3, 0.4) is 0 Å². The van der Waals surface area contributed by atoms with Crippen LogP contribution in [0.25, 0.3) is 0 Å². The third kappa shape index (κ3) is 3.65. The van der Waals surface area contributed by atoms with Gasteiger partial charge in [0.2, 0.25) is 0 Å². The summed E-state index contributed by atoms with van der Waals surface area (Å²) in [5.41, 5.74) is 7.84. The van der Waals surface area contributed by atoms with Gasteiger partial charge in [-0.25, -0.2) is 0 Å².